The van der Waals surface area contributed by atoms with Crippen LogP contribution in [0, 0.1) is 0 Å². The molecular weight excluding hydrogens is 366 g/mol. The number of hydrogen-bond donors (Lipinski definition) is 1. The Balaban J connectivity index is 1.53. The van der Waals surface area contributed by atoms with E-state index in [0.717, 1.165) is 22.0 Å². The van der Waals surface area contributed by atoms with E-state index in [9.17, 15) is 4.79 Å². The Morgan fingerprint density at radius 1 is 1.00 bits per heavy atom. The van der Waals surface area contributed by atoms with Gasteiger partial charge in [0.15, 0.2) is 11.5 Å². The van der Waals surface area contributed by atoms with Crippen molar-refractivity contribution >= 4 is 16.8 Å². The lowest BCUT2D eigenvalue weighted by atomic mass is 10.0. The van der Waals surface area contributed by atoms with Crippen LogP contribution in [0.25, 0.3) is 22.2 Å². The zero-order valence-corrected chi connectivity index (χ0v) is 15.5. The van der Waals surface area contributed by atoms with E-state index in [0.29, 0.717) is 29.3 Å². The normalized spacial score (nSPS) is 12.1. The third-order valence-electron chi connectivity index (χ3n) is 4.81. The number of hydrogen-bond acceptors (Lipinski definition) is 5. The first-order valence-corrected chi connectivity index (χ1v) is 9.25. The molecule has 0 saturated carbocycles. The van der Waals surface area contributed by atoms with Crippen molar-refractivity contribution in [2.75, 3.05) is 6.79 Å². The summed E-state index contributed by atoms with van der Waals surface area (Å²) in [6.07, 6.45) is 3.45. The Hall–Kier alpha value is -3.93. The van der Waals surface area contributed by atoms with Crippen LogP contribution < -0.4 is 14.8 Å². The van der Waals surface area contributed by atoms with Crippen LogP contribution in [0.3, 0.4) is 0 Å². The number of amides is 1. The molecule has 6 heteroatoms. The number of nitrogens with zero attached hydrogens (tertiary/aromatic N) is 2. The molecule has 29 heavy (non-hydrogen) atoms. The summed E-state index contributed by atoms with van der Waals surface area (Å²) in [5, 5.41) is 3.78. The van der Waals surface area contributed by atoms with E-state index in [1.165, 1.54) is 0 Å². The summed E-state index contributed by atoms with van der Waals surface area (Å²) >= 11 is 0. The summed E-state index contributed by atoms with van der Waals surface area (Å²) in [6, 6.07) is 18.9. The molecule has 0 unspecified atom stereocenters. The highest BCUT2D eigenvalue weighted by atomic mass is 16.7. The average molecular weight is 383 g/mol. The van der Waals surface area contributed by atoms with Gasteiger partial charge in [0.1, 0.15) is 0 Å². The number of rotatable bonds is 4. The van der Waals surface area contributed by atoms with Crippen LogP contribution in [-0.4, -0.2) is 22.7 Å². The summed E-state index contributed by atoms with van der Waals surface area (Å²) < 4.78 is 10.9. The van der Waals surface area contributed by atoms with Crippen molar-refractivity contribution in [1.82, 2.24) is 15.3 Å². The Morgan fingerprint density at radius 3 is 2.79 bits per heavy atom. The molecule has 1 N–H and O–H groups in total. The smallest absolute Gasteiger partial charge is 0.252 e. The minimum atomic E-state index is -0.158. The third kappa shape index (κ3) is 3.36. The van der Waals surface area contributed by atoms with Crippen molar-refractivity contribution in [3.05, 3.63) is 84.2 Å². The summed E-state index contributed by atoms with van der Waals surface area (Å²) in [5.74, 6) is 1.23. The van der Waals surface area contributed by atoms with E-state index in [-0.39, 0.29) is 12.7 Å². The summed E-state index contributed by atoms with van der Waals surface area (Å²) in [5.41, 5.74) is 3.84. The maximum Gasteiger partial charge on any atom is 0.252 e. The molecule has 142 valence electrons. The molecule has 1 amide bonds. The minimum absolute atomic E-state index is 0.158. The van der Waals surface area contributed by atoms with Gasteiger partial charge in [0.25, 0.3) is 5.91 Å². The van der Waals surface area contributed by atoms with Gasteiger partial charge in [-0.25, -0.2) is 4.98 Å². The maximum absolute atomic E-state index is 13.0. The number of carbonyl (C=O) groups excluding carboxylic acids is 1. The second-order valence-electron chi connectivity index (χ2n) is 6.68. The van der Waals surface area contributed by atoms with Gasteiger partial charge in [-0.15, -0.1) is 0 Å². The van der Waals surface area contributed by atoms with E-state index in [1.807, 2.05) is 60.7 Å². The molecule has 2 aromatic heterocycles. The maximum atomic E-state index is 13.0. The van der Waals surface area contributed by atoms with Gasteiger partial charge < -0.3 is 14.8 Å². The fourth-order valence-corrected chi connectivity index (χ4v) is 3.35. The first kappa shape index (κ1) is 17.2. The Labute approximate surface area is 167 Å². The standard InChI is InChI=1S/C23H17N3O3/c27-23(25-13-15-4-3-9-24-12-15)18-11-20(26-19-6-2-1-5-17(18)19)16-7-8-21-22(10-16)29-14-28-21/h1-12H,13-14H2,(H,25,27). The van der Waals surface area contributed by atoms with Gasteiger partial charge in [-0.05, 0) is 42.0 Å². The topological polar surface area (TPSA) is 73.3 Å². The highest BCUT2D eigenvalue weighted by Gasteiger charge is 2.17. The first-order chi connectivity index (χ1) is 14.3. The highest BCUT2D eigenvalue weighted by molar-refractivity contribution is 6.07. The number of benzene rings is 2. The molecule has 1 aliphatic rings. The van der Waals surface area contributed by atoms with Crippen LogP contribution >= 0.6 is 0 Å². The highest BCUT2D eigenvalue weighted by Crippen LogP contribution is 2.36. The van der Waals surface area contributed by atoms with Gasteiger partial charge in [-0.1, -0.05) is 24.3 Å². The molecule has 0 bridgehead atoms. The molecule has 6 nitrogen and oxygen atoms in total. The molecule has 0 atom stereocenters. The molecule has 0 saturated heterocycles. The van der Waals surface area contributed by atoms with Gasteiger partial charge in [-0.2, -0.15) is 0 Å². The molecular formula is C23H17N3O3. The van der Waals surface area contributed by atoms with Gasteiger partial charge in [0.2, 0.25) is 6.79 Å². The Kier molecular flexibility index (Phi) is 4.29. The molecule has 5 rings (SSSR count). The van der Waals surface area contributed by atoms with Gasteiger partial charge in [-0.3, -0.25) is 9.78 Å². The van der Waals surface area contributed by atoms with E-state index in [2.05, 4.69) is 10.3 Å². The van der Waals surface area contributed by atoms with Crippen molar-refractivity contribution in [3.8, 4) is 22.8 Å². The van der Waals surface area contributed by atoms with Crippen LogP contribution in [0.4, 0.5) is 0 Å². The van der Waals surface area contributed by atoms with Crippen LogP contribution in [0.5, 0.6) is 11.5 Å². The largest absolute Gasteiger partial charge is 0.454 e. The lowest BCUT2D eigenvalue weighted by Gasteiger charge is -2.11. The zero-order chi connectivity index (χ0) is 19.6. The average Bonchev–Trinajstić information content (AvgIpc) is 3.25. The van der Waals surface area contributed by atoms with E-state index in [4.69, 9.17) is 14.5 Å². The predicted molar refractivity (Wildman–Crippen MR) is 109 cm³/mol. The van der Waals surface area contributed by atoms with Crippen molar-refractivity contribution in [2.24, 2.45) is 0 Å². The van der Waals surface area contributed by atoms with Crippen LogP contribution in [0.1, 0.15) is 15.9 Å². The van der Waals surface area contributed by atoms with E-state index in [1.54, 1.807) is 12.4 Å². The molecule has 0 aliphatic carbocycles. The van der Waals surface area contributed by atoms with Crippen molar-refractivity contribution in [2.45, 2.75) is 6.54 Å². The van der Waals surface area contributed by atoms with Gasteiger partial charge >= 0.3 is 0 Å². The van der Waals surface area contributed by atoms with Crippen molar-refractivity contribution in [1.29, 1.82) is 0 Å². The molecule has 4 aromatic rings. The molecule has 3 heterocycles. The zero-order valence-electron chi connectivity index (χ0n) is 15.5. The molecule has 0 spiro atoms. The van der Waals surface area contributed by atoms with Crippen LogP contribution in [0.15, 0.2) is 73.1 Å². The Morgan fingerprint density at radius 2 is 1.90 bits per heavy atom. The third-order valence-corrected chi connectivity index (χ3v) is 4.81. The molecule has 2 aromatic carbocycles. The van der Waals surface area contributed by atoms with Crippen LogP contribution in [0.2, 0.25) is 0 Å². The second-order valence-corrected chi connectivity index (χ2v) is 6.68. The number of pyridine rings is 2. The quantitative estimate of drug-likeness (QED) is 0.578. The number of para-hydroxylation sites is 1. The Bertz CT molecular complexity index is 1210. The summed E-state index contributed by atoms with van der Waals surface area (Å²) in [4.78, 5) is 21.8. The van der Waals surface area contributed by atoms with Crippen molar-refractivity contribution in [3.63, 3.8) is 0 Å². The summed E-state index contributed by atoms with van der Waals surface area (Å²) in [6.45, 7) is 0.620. The lowest BCUT2D eigenvalue weighted by molar-refractivity contribution is 0.0952. The SMILES string of the molecule is O=C(NCc1cccnc1)c1cc(-c2ccc3c(c2)OCO3)nc2ccccc12. The fraction of sp³-hybridized carbons (Fsp3) is 0.0870. The van der Waals surface area contributed by atoms with Gasteiger partial charge in [0.05, 0.1) is 16.8 Å². The first-order valence-electron chi connectivity index (χ1n) is 9.25. The molecule has 1 aliphatic heterocycles. The number of aromatic nitrogens is 2. The molecule has 0 radical (unpaired) electrons. The number of fused-ring (bicyclic) bond motifs is 2. The van der Waals surface area contributed by atoms with E-state index < -0.39 is 0 Å². The van der Waals surface area contributed by atoms with Crippen molar-refractivity contribution < 1.29 is 14.3 Å². The number of carbonyl (C=O) groups is 1. The minimum Gasteiger partial charge on any atom is -0.454 e. The number of ether oxygens (including phenoxy) is 2. The monoisotopic (exact) mass is 383 g/mol. The van der Waals surface area contributed by atoms with Gasteiger partial charge in [0, 0.05) is 29.9 Å². The molecule has 0 fully saturated rings. The van der Waals surface area contributed by atoms with E-state index >= 15 is 0 Å². The predicted octanol–water partition coefficient (Wildman–Crippen LogP) is 3.96. The fourth-order valence-electron chi connectivity index (χ4n) is 3.35. The van der Waals surface area contributed by atoms with Crippen LogP contribution in [-0.2, 0) is 6.54 Å². The summed E-state index contributed by atoms with van der Waals surface area (Å²) in [7, 11) is 0. The second kappa shape index (κ2) is 7.24. The lowest BCUT2D eigenvalue weighted by Crippen LogP contribution is -2.23. The number of nitrogens with one attached hydrogen (secondary N) is 1.